The highest BCUT2D eigenvalue weighted by atomic mass is 16.7. The van der Waals surface area contributed by atoms with Crippen LogP contribution in [-0.2, 0) is 16.0 Å². The average Bonchev–Trinajstić information content (AvgIpc) is 2.57. The number of ether oxygens (including phenoxy) is 2. The Morgan fingerprint density at radius 2 is 2.17 bits per heavy atom. The minimum Gasteiger partial charge on any atom is -0.397 e. The summed E-state index contributed by atoms with van der Waals surface area (Å²) in [6.07, 6.45) is 4.89. The van der Waals surface area contributed by atoms with Gasteiger partial charge in [0.15, 0.2) is 6.29 Å². The van der Waals surface area contributed by atoms with Gasteiger partial charge in [-0.15, -0.1) is 0 Å². The highest BCUT2D eigenvalue weighted by molar-refractivity contribution is 5.62. The number of nitrogens with two attached hydrogens (primary N) is 2. The molecule has 128 valence electrons. The first kappa shape index (κ1) is 17.7. The maximum atomic E-state index is 6.09. The van der Waals surface area contributed by atoms with Gasteiger partial charge in [-0.25, -0.2) is 5.84 Å². The number of hydrogen-bond donors (Lipinski definition) is 3. The standard InChI is InChI=1S/C17H28N4O2/c1-20-12-14-5-7-15(8-6-14)16(18)13-21(19)9-11-23-17-4-2-3-10-22-17/h5-8,13,17,20H,2-4,9-12,18-19H2,1H3/b16-13-. The average molecular weight is 320 g/mol. The predicted octanol–water partition coefficient (Wildman–Crippen LogP) is 1.38. The Kier molecular flexibility index (Phi) is 7.35. The molecular formula is C17H28N4O2. The predicted molar refractivity (Wildman–Crippen MR) is 91.8 cm³/mol. The third-order valence-electron chi connectivity index (χ3n) is 3.76. The third kappa shape index (κ3) is 6.19. The van der Waals surface area contributed by atoms with E-state index in [2.05, 4.69) is 17.4 Å². The number of hydrazine groups is 1. The molecule has 1 aliphatic rings. The molecule has 1 aromatic carbocycles. The van der Waals surface area contributed by atoms with Crippen LogP contribution >= 0.6 is 0 Å². The van der Waals surface area contributed by atoms with Crippen LogP contribution in [0.15, 0.2) is 30.5 Å². The van der Waals surface area contributed by atoms with E-state index in [0.717, 1.165) is 38.0 Å². The lowest BCUT2D eigenvalue weighted by atomic mass is 10.1. The first-order valence-corrected chi connectivity index (χ1v) is 8.15. The van der Waals surface area contributed by atoms with E-state index in [0.29, 0.717) is 18.8 Å². The Morgan fingerprint density at radius 1 is 1.39 bits per heavy atom. The highest BCUT2D eigenvalue weighted by Crippen LogP contribution is 2.14. The Morgan fingerprint density at radius 3 is 2.83 bits per heavy atom. The largest absolute Gasteiger partial charge is 0.397 e. The van der Waals surface area contributed by atoms with Crippen LogP contribution < -0.4 is 16.9 Å². The van der Waals surface area contributed by atoms with Crippen LogP contribution in [0.3, 0.4) is 0 Å². The highest BCUT2D eigenvalue weighted by Gasteiger charge is 2.13. The molecule has 0 aromatic heterocycles. The van der Waals surface area contributed by atoms with Crippen LogP contribution in [0.1, 0.15) is 30.4 Å². The maximum Gasteiger partial charge on any atom is 0.157 e. The molecular weight excluding hydrogens is 292 g/mol. The molecule has 0 amide bonds. The van der Waals surface area contributed by atoms with Crippen LogP contribution in [0.2, 0.25) is 0 Å². The summed E-state index contributed by atoms with van der Waals surface area (Å²) >= 11 is 0. The fraction of sp³-hybridized carbons (Fsp3) is 0.529. The fourth-order valence-electron chi connectivity index (χ4n) is 2.47. The molecule has 6 nitrogen and oxygen atoms in total. The molecule has 5 N–H and O–H groups in total. The van der Waals surface area contributed by atoms with Gasteiger partial charge in [-0.3, -0.25) is 0 Å². The Bertz CT molecular complexity index is 484. The van der Waals surface area contributed by atoms with Crippen LogP contribution in [0.4, 0.5) is 0 Å². The van der Waals surface area contributed by atoms with Crippen LogP contribution in [0.25, 0.3) is 5.70 Å². The first-order valence-electron chi connectivity index (χ1n) is 8.15. The smallest absolute Gasteiger partial charge is 0.157 e. The maximum absolute atomic E-state index is 6.09. The topological polar surface area (TPSA) is 85.8 Å². The number of benzene rings is 1. The second-order valence-electron chi connectivity index (χ2n) is 5.72. The molecule has 1 heterocycles. The molecule has 1 saturated heterocycles. The van der Waals surface area contributed by atoms with Gasteiger partial charge in [0.2, 0.25) is 0 Å². The van der Waals surface area contributed by atoms with Crippen molar-refractivity contribution in [3.05, 3.63) is 41.6 Å². The zero-order valence-electron chi connectivity index (χ0n) is 13.8. The Hall–Kier alpha value is -1.60. The fourth-order valence-corrected chi connectivity index (χ4v) is 2.47. The molecule has 1 aromatic rings. The van der Waals surface area contributed by atoms with Gasteiger partial charge in [0.05, 0.1) is 18.8 Å². The summed E-state index contributed by atoms with van der Waals surface area (Å²) in [6, 6.07) is 8.10. The van der Waals surface area contributed by atoms with E-state index in [4.69, 9.17) is 21.1 Å². The summed E-state index contributed by atoms with van der Waals surface area (Å²) in [5, 5.41) is 4.67. The second-order valence-corrected chi connectivity index (χ2v) is 5.72. The summed E-state index contributed by atoms with van der Waals surface area (Å²) in [5.41, 5.74) is 8.90. The van der Waals surface area contributed by atoms with Crippen molar-refractivity contribution in [3.63, 3.8) is 0 Å². The summed E-state index contributed by atoms with van der Waals surface area (Å²) < 4.78 is 11.2. The molecule has 0 radical (unpaired) electrons. The van der Waals surface area contributed by atoms with Crippen molar-refractivity contribution in [2.24, 2.45) is 11.6 Å². The normalized spacial score (nSPS) is 18.9. The summed E-state index contributed by atoms with van der Waals surface area (Å²) in [6.45, 7) is 2.71. The molecule has 1 fully saturated rings. The monoisotopic (exact) mass is 320 g/mol. The van der Waals surface area contributed by atoms with E-state index in [1.54, 1.807) is 11.2 Å². The number of hydrogen-bond acceptors (Lipinski definition) is 6. The van der Waals surface area contributed by atoms with Gasteiger partial charge >= 0.3 is 0 Å². The van der Waals surface area contributed by atoms with E-state index in [9.17, 15) is 0 Å². The van der Waals surface area contributed by atoms with Crippen molar-refractivity contribution in [1.29, 1.82) is 0 Å². The summed E-state index contributed by atoms with van der Waals surface area (Å²) in [7, 11) is 1.93. The van der Waals surface area contributed by atoms with E-state index in [1.165, 1.54) is 5.56 Å². The Labute approximate surface area is 138 Å². The quantitative estimate of drug-likeness (QED) is 0.496. The van der Waals surface area contributed by atoms with Gasteiger partial charge in [0.25, 0.3) is 0 Å². The summed E-state index contributed by atoms with van der Waals surface area (Å²) in [5.74, 6) is 5.95. The zero-order valence-corrected chi connectivity index (χ0v) is 13.8. The third-order valence-corrected chi connectivity index (χ3v) is 3.76. The zero-order chi connectivity index (χ0) is 16.5. The minimum atomic E-state index is -0.0850. The van der Waals surface area contributed by atoms with Crippen molar-refractivity contribution in [2.75, 3.05) is 26.8 Å². The first-order chi connectivity index (χ1) is 11.2. The SMILES string of the molecule is CNCc1ccc(/C(N)=C/N(N)CCOC2CCCCO2)cc1. The lowest BCUT2D eigenvalue weighted by molar-refractivity contribution is -0.163. The van der Waals surface area contributed by atoms with Gasteiger partial charge in [0.1, 0.15) is 0 Å². The van der Waals surface area contributed by atoms with Gasteiger partial charge in [-0.2, -0.15) is 0 Å². The summed E-state index contributed by atoms with van der Waals surface area (Å²) in [4.78, 5) is 0. The lowest BCUT2D eigenvalue weighted by Gasteiger charge is -2.23. The van der Waals surface area contributed by atoms with Crippen LogP contribution in [0, 0.1) is 0 Å². The van der Waals surface area contributed by atoms with E-state index in [1.807, 2.05) is 19.2 Å². The van der Waals surface area contributed by atoms with Crippen molar-refractivity contribution in [2.45, 2.75) is 32.1 Å². The van der Waals surface area contributed by atoms with E-state index < -0.39 is 0 Å². The van der Waals surface area contributed by atoms with Crippen molar-refractivity contribution >= 4 is 5.70 Å². The van der Waals surface area contributed by atoms with Crippen LogP contribution in [0.5, 0.6) is 0 Å². The lowest BCUT2D eigenvalue weighted by Crippen LogP contribution is -2.32. The van der Waals surface area contributed by atoms with Crippen molar-refractivity contribution in [3.8, 4) is 0 Å². The van der Waals surface area contributed by atoms with Gasteiger partial charge in [-0.1, -0.05) is 24.3 Å². The second kappa shape index (κ2) is 9.52. The number of nitrogens with one attached hydrogen (secondary N) is 1. The van der Waals surface area contributed by atoms with Gasteiger partial charge in [0, 0.05) is 19.4 Å². The molecule has 1 atom stereocenters. The van der Waals surface area contributed by atoms with Crippen molar-refractivity contribution < 1.29 is 9.47 Å². The molecule has 2 rings (SSSR count). The van der Waals surface area contributed by atoms with Crippen LogP contribution in [-0.4, -0.2) is 38.1 Å². The van der Waals surface area contributed by atoms with E-state index in [-0.39, 0.29) is 6.29 Å². The number of rotatable bonds is 8. The molecule has 6 heteroatoms. The van der Waals surface area contributed by atoms with Crippen molar-refractivity contribution in [1.82, 2.24) is 10.3 Å². The van der Waals surface area contributed by atoms with E-state index >= 15 is 0 Å². The molecule has 0 bridgehead atoms. The molecule has 23 heavy (non-hydrogen) atoms. The molecule has 1 unspecified atom stereocenters. The minimum absolute atomic E-state index is 0.0850. The molecule has 0 aliphatic carbocycles. The molecule has 1 aliphatic heterocycles. The molecule has 0 saturated carbocycles. The van der Waals surface area contributed by atoms with Gasteiger partial charge < -0.3 is 25.5 Å². The molecule has 0 spiro atoms. The number of nitrogens with zero attached hydrogens (tertiary/aromatic N) is 1. The Balaban J connectivity index is 1.77. The van der Waals surface area contributed by atoms with Gasteiger partial charge in [-0.05, 0) is 37.4 Å².